The van der Waals surface area contributed by atoms with Gasteiger partial charge in [0.25, 0.3) is 5.89 Å². The van der Waals surface area contributed by atoms with Gasteiger partial charge in [-0.2, -0.15) is 4.98 Å². The number of benzene rings is 3. The number of nitrogens with zero attached hydrogens (tertiary/aromatic N) is 2. The fraction of sp³-hybridized carbons (Fsp3) is 0.0909. The Bertz CT molecular complexity index is 1180. The molecule has 0 aliphatic heterocycles. The van der Waals surface area contributed by atoms with Gasteiger partial charge in [0.15, 0.2) is 23.1 Å². The van der Waals surface area contributed by atoms with Gasteiger partial charge in [0.1, 0.15) is 6.61 Å². The van der Waals surface area contributed by atoms with Crippen LogP contribution < -0.4 is 9.47 Å². The average molecular weight is 429 g/mol. The van der Waals surface area contributed by atoms with Crippen molar-refractivity contribution >= 4 is 11.6 Å². The first-order valence-electron chi connectivity index (χ1n) is 8.88. The zero-order chi connectivity index (χ0) is 21.1. The van der Waals surface area contributed by atoms with Crippen LogP contribution in [0.3, 0.4) is 0 Å². The molecule has 4 rings (SSSR count). The monoisotopic (exact) mass is 428 g/mol. The summed E-state index contributed by atoms with van der Waals surface area (Å²) in [5.41, 5.74) is 1.90. The van der Waals surface area contributed by atoms with Crippen molar-refractivity contribution in [1.82, 2.24) is 10.1 Å². The SMILES string of the molecule is COc1cc(-c2noc(-c3ccc(Cl)cc3)n2)ccc1OCc1ccc(F)c(F)c1. The molecular weight excluding hydrogens is 414 g/mol. The van der Waals surface area contributed by atoms with Crippen molar-refractivity contribution in [1.29, 1.82) is 0 Å². The largest absolute Gasteiger partial charge is 0.493 e. The summed E-state index contributed by atoms with van der Waals surface area (Å²) in [5.74, 6) is -0.212. The number of rotatable bonds is 6. The van der Waals surface area contributed by atoms with Gasteiger partial charge in [0.05, 0.1) is 7.11 Å². The normalized spacial score (nSPS) is 10.8. The lowest BCUT2D eigenvalue weighted by atomic mass is 10.2. The molecular formula is C22H15ClF2N2O3. The minimum atomic E-state index is -0.924. The van der Waals surface area contributed by atoms with Crippen LogP contribution in [0.4, 0.5) is 8.78 Å². The molecule has 1 aromatic heterocycles. The molecule has 0 aliphatic rings. The van der Waals surface area contributed by atoms with Crippen molar-refractivity contribution in [3.63, 3.8) is 0 Å². The number of halogens is 3. The summed E-state index contributed by atoms with van der Waals surface area (Å²) in [7, 11) is 1.50. The van der Waals surface area contributed by atoms with Gasteiger partial charge in [-0.15, -0.1) is 0 Å². The van der Waals surface area contributed by atoms with E-state index in [2.05, 4.69) is 10.1 Å². The molecule has 5 nitrogen and oxygen atoms in total. The maximum Gasteiger partial charge on any atom is 0.258 e. The first kappa shape index (κ1) is 19.8. The predicted octanol–water partition coefficient (Wildman–Crippen LogP) is 5.92. The molecule has 1 heterocycles. The van der Waals surface area contributed by atoms with Gasteiger partial charge in [-0.05, 0) is 60.2 Å². The minimum Gasteiger partial charge on any atom is -0.493 e. The lowest BCUT2D eigenvalue weighted by Gasteiger charge is -2.11. The molecule has 0 N–H and O–H groups in total. The molecule has 152 valence electrons. The Kier molecular flexibility index (Phi) is 5.63. The molecule has 0 saturated carbocycles. The number of hydrogen-bond acceptors (Lipinski definition) is 5. The topological polar surface area (TPSA) is 57.4 Å². The predicted molar refractivity (Wildman–Crippen MR) is 107 cm³/mol. The summed E-state index contributed by atoms with van der Waals surface area (Å²) in [6, 6.07) is 15.8. The van der Waals surface area contributed by atoms with E-state index >= 15 is 0 Å². The quantitative estimate of drug-likeness (QED) is 0.381. The highest BCUT2D eigenvalue weighted by Gasteiger charge is 2.14. The van der Waals surface area contributed by atoms with Crippen LogP contribution in [0.15, 0.2) is 65.2 Å². The van der Waals surface area contributed by atoms with Crippen LogP contribution in [0, 0.1) is 11.6 Å². The lowest BCUT2D eigenvalue weighted by Crippen LogP contribution is -1.99. The van der Waals surface area contributed by atoms with Gasteiger partial charge < -0.3 is 14.0 Å². The van der Waals surface area contributed by atoms with Crippen molar-refractivity contribution in [3.05, 3.63) is 82.9 Å². The molecule has 0 bridgehead atoms. The van der Waals surface area contributed by atoms with Gasteiger partial charge in [-0.1, -0.05) is 22.8 Å². The molecule has 0 amide bonds. The Morgan fingerprint density at radius 1 is 0.900 bits per heavy atom. The van der Waals surface area contributed by atoms with Crippen LogP contribution in [0.1, 0.15) is 5.56 Å². The summed E-state index contributed by atoms with van der Waals surface area (Å²) >= 11 is 5.90. The van der Waals surface area contributed by atoms with Gasteiger partial charge in [-0.25, -0.2) is 8.78 Å². The Morgan fingerprint density at radius 3 is 2.40 bits per heavy atom. The fourth-order valence-corrected chi connectivity index (χ4v) is 2.89. The van der Waals surface area contributed by atoms with Crippen LogP contribution in [0.5, 0.6) is 11.5 Å². The van der Waals surface area contributed by atoms with E-state index in [1.54, 1.807) is 42.5 Å². The standard InChI is InChI=1S/C22H15ClF2N2O3/c1-28-20-11-15(21-26-22(30-27-21)14-3-6-16(23)7-4-14)5-9-19(20)29-12-13-2-8-17(24)18(25)10-13/h2-11H,12H2,1H3. The summed E-state index contributed by atoms with van der Waals surface area (Å²) < 4.78 is 42.8. The van der Waals surface area contributed by atoms with Gasteiger partial charge >= 0.3 is 0 Å². The molecule has 0 saturated heterocycles. The van der Waals surface area contributed by atoms with E-state index in [-0.39, 0.29) is 6.61 Å². The van der Waals surface area contributed by atoms with Crippen molar-refractivity contribution in [2.45, 2.75) is 6.61 Å². The second kappa shape index (κ2) is 8.51. The number of ether oxygens (including phenoxy) is 2. The third kappa shape index (κ3) is 4.26. The third-order valence-corrected chi connectivity index (χ3v) is 4.57. The summed E-state index contributed by atoms with van der Waals surface area (Å²) in [4.78, 5) is 4.40. The molecule has 0 unspecified atom stereocenters. The Balaban J connectivity index is 1.53. The second-order valence-electron chi connectivity index (χ2n) is 6.33. The molecule has 0 fully saturated rings. The molecule has 0 spiro atoms. The Hall–Kier alpha value is -3.45. The molecule has 0 atom stereocenters. The lowest BCUT2D eigenvalue weighted by molar-refractivity contribution is 0.284. The number of aromatic nitrogens is 2. The molecule has 0 aliphatic carbocycles. The van der Waals surface area contributed by atoms with E-state index < -0.39 is 11.6 Å². The molecule has 0 radical (unpaired) electrons. The van der Waals surface area contributed by atoms with E-state index in [1.165, 1.54) is 13.2 Å². The first-order valence-corrected chi connectivity index (χ1v) is 9.26. The first-order chi connectivity index (χ1) is 14.5. The van der Waals surface area contributed by atoms with Gasteiger partial charge in [0, 0.05) is 16.1 Å². The van der Waals surface area contributed by atoms with Crippen molar-refractivity contribution in [2.24, 2.45) is 0 Å². The average Bonchev–Trinajstić information content (AvgIpc) is 3.25. The van der Waals surface area contributed by atoms with Crippen LogP contribution in [0.25, 0.3) is 22.8 Å². The van der Waals surface area contributed by atoms with Crippen LogP contribution >= 0.6 is 11.6 Å². The Labute approximate surface area is 175 Å². The number of methoxy groups -OCH3 is 1. The van der Waals surface area contributed by atoms with E-state index in [0.717, 1.165) is 17.7 Å². The molecule has 30 heavy (non-hydrogen) atoms. The maximum atomic E-state index is 13.4. The number of hydrogen-bond donors (Lipinski definition) is 0. The summed E-state index contributed by atoms with van der Waals surface area (Å²) in [6.07, 6.45) is 0. The highest BCUT2D eigenvalue weighted by molar-refractivity contribution is 6.30. The van der Waals surface area contributed by atoms with Gasteiger partial charge in [0.2, 0.25) is 5.82 Å². The van der Waals surface area contributed by atoms with E-state index in [0.29, 0.717) is 39.4 Å². The van der Waals surface area contributed by atoms with E-state index in [1.807, 2.05) is 0 Å². The van der Waals surface area contributed by atoms with Gasteiger partial charge in [-0.3, -0.25) is 0 Å². The molecule has 4 aromatic rings. The maximum absolute atomic E-state index is 13.4. The van der Waals surface area contributed by atoms with E-state index in [9.17, 15) is 8.78 Å². The molecule has 3 aromatic carbocycles. The minimum absolute atomic E-state index is 0.0514. The van der Waals surface area contributed by atoms with Crippen LogP contribution in [-0.4, -0.2) is 17.3 Å². The zero-order valence-electron chi connectivity index (χ0n) is 15.7. The van der Waals surface area contributed by atoms with Crippen LogP contribution in [-0.2, 0) is 6.61 Å². The summed E-state index contributed by atoms with van der Waals surface area (Å²) in [6.45, 7) is 0.0514. The van der Waals surface area contributed by atoms with Crippen LogP contribution in [0.2, 0.25) is 5.02 Å². The van der Waals surface area contributed by atoms with Crippen molar-refractivity contribution in [3.8, 4) is 34.3 Å². The highest BCUT2D eigenvalue weighted by Crippen LogP contribution is 2.33. The summed E-state index contributed by atoms with van der Waals surface area (Å²) in [5, 5.41) is 4.62. The zero-order valence-corrected chi connectivity index (χ0v) is 16.5. The van der Waals surface area contributed by atoms with E-state index in [4.69, 9.17) is 25.6 Å². The second-order valence-corrected chi connectivity index (χ2v) is 6.77. The van der Waals surface area contributed by atoms with Crippen molar-refractivity contribution in [2.75, 3.05) is 7.11 Å². The van der Waals surface area contributed by atoms with Crippen molar-refractivity contribution < 1.29 is 22.8 Å². The highest BCUT2D eigenvalue weighted by atomic mass is 35.5. The Morgan fingerprint density at radius 2 is 1.67 bits per heavy atom. The fourth-order valence-electron chi connectivity index (χ4n) is 2.77. The third-order valence-electron chi connectivity index (χ3n) is 4.32. The molecule has 8 heteroatoms. The smallest absolute Gasteiger partial charge is 0.258 e.